The number of halogens is 1. The number of ether oxygens (including phenoxy) is 2. The van der Waals surface area contributed by atoms with Gasteiger partial charge in [0.15, 0.2) is 0 Å². The maximum absolute atomic E-state index is 12.2. The number of rotatable bonds is 7. The summed E-state index contributed by atoms with van der Waals surface area (Å²) < 4.78 is 36.0. The van der Waals surface area contributed by atoms with E-state index < -0.39 is 10.0 Å². The summed E-state index contributed by atoms with van der Waals surface area (Å²) in [5.74, 6) is 0.238. The van der Waals surface area contributed by atoms with Crippen molar-refractivity contribution in [3.8, 4) is 5.75 Å². The van der Waals surface area contributed by atoms with Gasteiger partial charge in [-0.25, -0.2) is 8.42 Å². The molecule has 25 heavy (non-hydrogen) atoms. The van der Waals surface area contributed by atoms with Crippen molar-refractivity contribution < 1.29 is 22.7 Å². The predicted octanol–water partition coefficient (Wildman–Crippen LogP) is 1.66. The molecule has 140 valence electrons. The lowest BCUT2D eigenvalue weighted by molar-refractivity contribution is -0.127. The highest BCUT2D eigenvalue weighted by Gasteiger charge is 2.24. The van der Waals surface area contributed by atoms with Gasteiger partial charge in [-0.3, -0.25) is 9.10 Å². The Morgan fingerprint density at radius 2 is 2.08 bits per heavy atom. The molecule has 1 amide bonds. The number of methoxy groups -OCH3 is 1. The van der Waals surface area contributed by atoms with Gasteiger partial charge in [0.25, 0.3) is 0 Å². The van der Waals surface area contributed by atoms with Crippen molar-refractivity contribution in [2.75, 3.05) is 44.0 Å². The summed E-state index contributed by atoms with van der Waals surface area (Å²) in [6.45, 7) is 1.43. The fourth-order valence-corrected chi connectivity index (χ4v) is 3.80. The second kappa shape index (κ2) is 8.73. The number of nitrogens with zero attached hydrogens (tertiary/aromatic N) is 1. The summed E-state index contributed by atoms with van der Waals surface area (Å²) in [5.41, 5.74) is 0.345. The second-order valence-electron chi connectivity index (χ2n) is 5.83. The van der Waals surface area contributed by atoms with Crippen molar-refractivity contribution in [3.63, 3.8) is 0 Å². The van der Waals surface area contributed by atoms with E-state index in [2.05, 4.69) is 5.32 Å². The third kappa shape index (κ3) is 5.49. The van der Waals surface area contributed by atoms with Crippen molar-refractivity contribution in [1.82, 2.24) is 5.32 Å². The van der Waals surface area contributed by atoms with Crippen molar-refractivity contribution in [2.24, 2.45) is 5.92 Å². The van der Waals surface area contributed by atoms with Gasteiger partial charge in [0, 0.05) is 30.7 Å². The van der Waals surface area contributed by atoms with E-state index in [1.54, 1.807) is 12.1 Å². The van der Waals surface area contributed by atoms with Gasteiger partial charge in [-0.1, -0.05) is 11.6 Å². The normalized spacial score (nSPS) is 15.6. The van der Waals surface area contributed by atoms with Crippen molar-refractivity contribution in [1.29, 1.82) is 0 Å². The van der Waals surface area contributed by atoms with E-state index in [4.69, 9.17) is 21.1 Å². The number of benzene rings is 1. The topological polar surface area (TPSA) is 84.9 Å². The molecule has 7 nitrogen and oxygen atoms in total. The van der Waals surface area contributed by atoms with Crippen LogP contribution in [0.25, 0.3) is 0 Å². The highest BCUT2D eigenvalue weighted by Crippen LogP contribution is 2.32. The quantitative estimate of drug-likeness (QED) is 0.765. The van der Waals surface area contributed by atoms with Crippen LogP contribution in [-0.4, -0.2) is 54.0 Å². The number of hydrogen-bond acceptors (Lipinski definition) is 5. The lowest BCUT2D eigenvalue weighted by atomic mass is 9.99. The van der Waals surface area contributed by atoms with E-state index in [0.717, 1.165) is 6.26 Å². The van der Waals surface area contributed by atoms with E-state index in [1.165, 1.54) is 17.5 Å². The minimum Gasteiger partial charge on any atom is -0.495 e. The molecule has 1 aromatic carbocycles. The standard InChI is InChI=1S/C16H23ClN2O5S/c1-23-15-4-3-13(17)11-14(15)19(25(2,21)22)8-7-18-16(20)12-5-9-24-10-6-12/h3-4,11-12H,5-10H2,1-2H3,(H,18,20). The number of nitrogens with one attached hydrogen (secondary N) is 1. The maximum Gasteiger partial charge on any atom is 0.232 e. The fourth-order valence-electron chi connectivity index (χ4n) is 2.71. The average Bonchev–Trinajstić information content (AvgIpc) is 2.58. The summed E-state index contributed by atoms with van der Waals surface area (Å²) in [4.78, 5) is 12.2. The SMILES string of the molecule is COc1ccc(Cl)cc1N(CCNC(=O)C1CCOCC1)S(C)(=O)=O. The number of carbonyl (C=O) groups is 1. The third-order valence-electron chi connectivity index (χ3n) is 4.02. The van der Waals surface area contributed by atoms with Gasteiger partial charge >= 0.3 is 0 Å². The largest absolute Gasteiger partial charge is 0.495 e. The van der Waals surface area contributed by atoms with Gasteiger partial charge < -0.3 is 14.8 Å². The van der Waals surface area contributed by atoms with Crippen LogP contribution in [0.1, 0.15) is 12.8 Å². The zero-order chi connectivity index (χ0) is 18.4. The molecule has 1 aliphatic rings. The molecule has 0 radical (unpaired) electrons. The van der Waals surface area contributed by atoms with Gasteiger partial charge in [-0.05, 0) is 31.0 Å². The van der Waals surface area contributed by atoms with Crippen LogP contribution in [-0.2, 0) is 19.6 Å². The lowest BCUT2D eigenvalue weighted by Gasteiger charge is -2.25. The monoisotopic (exact) mass is 390 g/mol. The van der Waals surface area contributed by atoms with E-state index in [-0.39, 0.29) is 24.9 Å². The Morgan fingerprint density at radius 3 is 2.68 bits per heavy atom. The summed E-state index contributed by atoms with van der Waals surface area (Å²) in [7, 11) is -2.11. The van der Waals surface area contributed by atoms with Crippen LogP contribution in [0.2, 0.25) is 5.02 Å². The molecule has 0 atom stereocenters. The number of sulfonamides is 1. The molecule has 9 heteroatoms. The Kier molecular flexibility index (Phi) is 6.92. The van der Waals surface area contributed by atoms with Crippen molar-refractivity contribution in [3.05, 3.63) is 23.2 Å². The zero-order valence-electron chi connectivity index (χ0n) is 14.3. The van der Waals surface area contributed by atoms with Crippen molar-refractivity contribution in [2.45, 2.75) is 12.8 Å². The molecule has 1 heterocycles. The smallest absolute Gasteiger partial charge is 0.232 e. The molecular weight excluding hydrogens is 368 g/mol. The summed E-state index contributed by atoms with van der Waals surface area (Å²) >= 11 is 6.00. The van der Waals surface area contributed by atoms with Crippen LogP contribution in [0, 0.1) is 5.92 Å². The lowest BCUT2D eigenvalue weighted by Crippen LogP contribution is -2.41. The van der Waals surface area contributed by atoms with Crippen LogP contribution in [0.4, 0.5) is 5.69 Å². The Bertz CT molecular complexity index is 704. The van der Waals surface area contributed by atoms with E-state index >= 15 is 0 Å². The molecule has 0 bridgehead atoms. The number of anilines is 1. The predicted molar refractivity (Wildman–Crippen MR) is 96.7 cm³/mol. The first-order valence-corrected chi connectivity index (χ1v) is 10.2. The van der Waals surface area contributed by atoms with Crippen molar-refractivity contribution >= 4 is 33.2 Å². The minimum atomic E-state index is -3.57. The Hall–Kier alpha value is -1.51. The van der Waals surface area contributed by atoms with Gasteiger partial charge in [0.2, 0.25) is 15.9 Å². The number of hydrogen-bond donors (Lipinski definition) is 1. The van der Waals surface area contributed by atoms with Gasteiger partial charge in [-0.2, -0.15) is 0 Å². The Morgan fingerprint density at radius 1 is 1.40 bits per heavy atom. The van der Waals surface area contributed by atoms with Gasteiger partial charge in [0.05, 0.1) is 25.6 Å². The maximum atomic E-state index is 12.2. The molecule has 1 aliphatic heterocycles. The minimum absolute atomic E-state index is 0.0742. The summed E-state index contributed by atoms with van der Waals surface area (Å²) in [6, 6.07) is 4.76. The molecule has 0 aromatic heterocycles. The third-order valence-corrected chi connectivity index (χ3v) is 5.43. The Balaban J connectivity index is 2.07. The van der Waals surface area contributed by atoms with Gasteiger partial charge in [-0.15, -0.1) is 0 Å². The van der Waals surface area contributed by atoms with E-state index in [0.29, 0.717) is 42.5 Å². The molecule has 0 unspecified atom stereocenters. The van der Waals surface area contributed by atoms with Crippen LogP contribution in [0.3, 0.4) is 0 Å². The fraction of sp³-hybridized carbons (Fsp3) is 0.562. The van der Waals surface area contributed by atoms with Crippen LogP contribution in [0.15, 0.2) is 18.2 Å². The molecule has 1 fully saturated rings. The molecule has 0 aliphatic carbocycles. The van der Waals surface area contributed by atoms with E-state index in [9.17, 15) is 13.2 Å². The highest BCUT2D eigenvalue weighted by atomic mass is 35.5. The van der Waals surface area contributed by atoms with Crippen LogP contribution < -0.4 is 14.4 Å². The number of amides is 1. The summed E-state index contributed by atoms with van der Waals surface area (Å²) in [6.07, 6.45) is 2.47. The molecule has 1 saturated heterocycles. The molecule has 0 saturated carbocycles. The van der Waals surface area contributed by atoms with Crippen LogP contribution in [0.5, 0.6) is 5.75 Å². The Labute approximate surface area is 153 Å². The molecule has 1 N–H and O–H groups in total. The molecular formula is C16H23ClN2O5S. The zero-order valence-corrected chi connectivity index (χ0v) is 15.9. The van der Waals surface area contributed by atoms with Gasteiger partial charge in [0.1, 0.15) is 5.75 Å². The summed E-state index contributed by atoms with van der Waals surface area (Å²) in [5, 5.41) is 3.20. The first-order chi connectivity index (χ1) is 11.8. The molecule has 0 spiro atoms. The first kappa shape index (κ1) is 19.8. The molecule has 2 rings (SSSR count). The molecule has 1 aromatic rings. The highest BCUT2D eigenvalue weighted by molar-refractivity contribution is 7.92. The second-order valence-corrected chi connectivity index (χ2v) is 8.17. The van der Waals surface area contributed by atoms with Crippen LogP contribution >= 0.6 is 11.6 Å². The number of carbonyl (C=O) groups excluding carboxylic acids is 1. The first-order valence-electron chi connectivity index (χ1n) is 7.99. The average molecular weight is 391 g/mol. The van der Waals surface area contributed by atoms with E-state index in [1.807, 2.05) is 0 Å².